The van der Waals surface area contributed by atoms with Crippen LogP contribution in [0.5, 0.6) is 0 Å². The maximum atomic E-state index is 11.7. The zero-order valence-corrected chi connectivity index (χ0v) is 12.7. The Morgan fingerprint density at radius 1 is 1.33 bits per heavy atom. The third kappa shape index (κ3) is 5.63. The molecule has 0 aromatic rings. The van der Waals surface area contributed by atoms with Gasteiger partial charge in [-0.3, -0.25) is 4.90 Å². The standard InChI is InChI=1S/C12H24N2O2S2/c1-2-8-18(15,16)9-7-14(10-12(13)17)11-5-3-4-6-11/h11H,2-10H2,1H3,(H2,13,17). The molecular weight excluding hydrogens is 268 g/mol. The number of sulfone groups is 1. The Balaban J connectivity index is 2.53. The third-order valence-corrected chi connectivity index (χ3v) is 5.37. The minimum atomic E-state index is -2.92. The first kappa shape index (κ1) is 15.9. The fraction of sp³-hybridized carbons (Fsp3) is 0.917. The summed E-state index contributed by atoms with van der Waals surface area (Å²) in [4.78, 5) is 2.61. The van der Waals surface area contributed by atoms with Crippen molar-refractivity contribution in [1.29, 1.82) is 0 Å². The van der Waals surface area contributed by atoms with E-state index in [1.165, 1.54) is 12.8 Å². The molecule has 1 rings (SSSR count). The average Bonchev–Trinajstić information content (AvgIpc) is 2.77. The Hall–Kier alpha value is -0.200. The molecular formula is C12H24N2O2S2. The van der Waals surface area contributed by atoms with Gasteiger partial charge in [0.1, 0.15) is 0 Å². The first-order valence-electron chi connectivity index (χ1n) is 6.67. The number of thiocarbonyl (C=S) groups is 1. The summed E-state index contributed by atoms with van der Waals surface area (Å²) in [6.07, 6.45) is 5.40. The van der Waals surface area contributed by atoms with Crippen LogP contribution in [0.2, 0.25) is 0 Å². The van der Waals surface area contributed by atoms with Crippen molar-refractivity contribution < 1.29 is 8.42 Å². The normalized spacial score (nSPS) is 17.4. The molecule has 18 heavy (non-hydrogen) atoms. The molecule has 0 spiro atoms. The number of rotatable bonds is 8. The summed E-state index contributed by atoms with van der Waals surface area (Å²) < 4.78 is 23.5. The van der Waals surface area contributed by atoms with Crippen LogP contribution in [0.15, 0.2) is 0 Å². The molecule has 0 amide bonds. The van der Waals surface area contributed by atoms with Crippen LogP contribution < -0.4 is 5.73 Å². The molecule has 6 heteroatoms. The number of hydrogen-bond acceptors (Lipinski definition) is 4. The van der Waals surface area contributed by atoms with E-state index in [4.69, 9.17) is 18.0 Å². The lowest BCUT2D eigenvalue weighted by molar-refractivity contribution is 0.240. The van der Waals surface area contributed by atoms with Gasteiger partial charge in [-0.1, -0.05) is 32.0 Å². The van der Waals surface area contributed by atoms with Crippen molar-refractivity contribution in [2.24, 2.45) is 5.73 Å². The molecule has 0 unspecified atom stereocenters. The van der Waals surface area contributed by atoms with Crippen LogP contribution in [0.25, 0.3) is 0 Å². The minimum absolute atomic E-state index is 0.222. The Kier molecular flexibility index (Phi) is 6.52. The first-order valence-corrected chi connectivity index (χ1v) is 8.90. The highest BCUT2D eigenvalue weighted by Crippen LogP contribution is 2.23. The maximum Gasteiger partial charge on any atom is 0.151 e. The predicted octanol–water partition coefficient (Wildman–Crippen LogP) is 1.34. The van der Waals surface area contributed by atoms with E-state index in [1.807, 2.05) is 6.92 Å². The van der Waals surface area contributed by atoms with Gasteiger partial charge in [0, 0.05) is 24.9 Å². The quantitative estimate of drug-likeness (QED) is 0.684. The van der Waals surface area contributed by atoms with Gasteiger partial charge >= 0.3 is 0 Å². The number of hydrogen-bond donors (Lipinski definition) is 1. The van der Waals surface area contributed by atoms with E-state index in [1.54, 1.807) is 0 Å². The lowest BCUT2D eigenvalue weighted by atomic mass is 10.2. The molecule has 1 saturated carbocycles. The smallest absolute Gasteiger partial charge is 0.151 e. The van der Waals surface area contributed by atoms with Gasteiger partial charge in [-0.2, -0.15) is 0 Å². The zero-order chi connectivity index (χ0) is 13.6. The van der Waals surface area contributed by atoms with E-state index in [9.17, 15) is 8.42 Å². The highest BCUT2D eigenvalue weighted by atomic mass is 32.2. The largest absolute Gasteiger partial charge is 0.392 e. The summed E-state index contributed by atoms with van der Waals surface area (Å²) in [6.45, 7) is 2.99. The molecule has 1 aliphatic rings. The van der Waals surface area contributed by atoms with Gasteiger partial charge in [-0.25, -0.2) is 8.42 Å². The van der Waals surface area contributed by atoms with Crippen molar-refractivity contribution in [2.45, 2.75) is 45.1 Å². The highest BCUT2D eigenvalue weighted by molar-refractivity contribution is 7.91. The van der Waals surface area contributed by atoms with Crippen molar-refractivity contribution in [2.75, 3.05) is 24.6 Å². The molecule has 4 nitrogen and oxygen atoms in total. The van der Waals surface area contributed by atoms with Crippen LogP contribution in [0.3, 0.4) is 0 Å². The molecule has 106 valence electrons. The molecule has 0 aromatic carbocycles. The van der Waals surface area contributed by atoms with E-state index in [0.29, 0.717) is 30.5 Å². The second kappa shape index (κ2) is 7.40. The second-order valence-electron chi connectivity index (χ2n) is 5.03. The van der Waals surface area contributed by atoms with Crippen LogP contribution in [-0.4, -0.2) is 48.9 Å². The molecule has 0 atom stereocenters. The lowest BCUT2D eigenvalue weighted by Crippen LogP contribution is -2.42. The summed E-state index contributed by atoms with van der Waals surface area (Å²) in [6, 6.07) is 0.461. The number of nitrogens with zero attached hydrogens (tertiary/aromatic N) is 1. The summed E-state index contributed by atoms with van der Waals surface area (Å²) in [5, 5.41) is 0. The summed E-state index contributed by atoms with van der Waals surface area (Å²) in [5.41, 5.74) is 5.60. The average molecular weight is 292 g/mol. The molecule has 0 bridgehead atoms. The fourth-order valence-corrected chi connectivity index (χ4v) is 4.03. The molecule has 0 aromatic heterocycles. The Morgan fingerprint density at radius 3 is 2.44 bits per heavy atom. The third-order valence-electron chi connectivity index (χ3n) is 3.40. The van der Waals surface area contributed by atoms with Crippen molar-refractivity contribution in [3.05, 3.63) is 0 Å². The summed E-state index contributed by atoms with van der Waals surface area (Å²) in [7, 11) is -2.92. The predicted molar refractivity (Wildman–Crippen MR) is 79.6 cm³/mol. The van der Waals surface area contributed by atoms with E-state index < -0.39 is 9.84 Å². The minimum Gasteiger partial charge on any atom is -0.392 e. The zero-order valence-electron chi connectivity index (χ0n) is 11.1. The SMILES string of the molecule is CCCS(=O)(=O)CCN(CC(N)=S)C1CCCC1. The van der Waals surface area contributed by atoms with Gasteiger partial charge in [0.15, 0.2) is 9.84 Å². The molecule has 1 aliphatic carbocycles. The van der Waals surface area contributed by atoms with Crippen molar-refractivity contribution >= 4 is 27.0 Å². The Morgan fingerprint density at radius 2 is 1.94 bits per heavy atom. The summed E-state index contributed by atoms with van der Waals surface area (Å²) >= 11 is 4.95. The van der Waals surface area contributed by atoms with Gasteiger partial charge < -0.3 is 5.73 Å². The molecule has 2 N–H and O–H groups in total. The molecule has 0 saturated heterocycles. The number of nitrogens with two attached hydrogens (primary N) is 1. The molecule has 1 fully saturated rings. The Bertz CT molecular complexity index is 362. The van der Waals surface area contributed by atoms with Gasteiger partial charge in [0.2, 0.25) is 0 Å². The topological polar surface area (TPSA) is 63.4 Å². The van der Waals surface area contributed by atoms with E-state index in [0.717, 1.165) is 12.8 Å². The molecule has 0 heterocycles. The van der Waals surface area contributed by atoms with Crippen LogP contribution in [-0.2, 0) is 9.84 Å². The van der Waals surface area contributed by atoms with Gasteiger partial charge in [0.25, 0.3) is 0 Å². The molecule has 0 aliphatic heterocycles. The van der Waals surface area contributed by atoms with Gasteiger partial charge in [-0.05, 0) is 19.3 Å². The monoisotopic (exact) mass is 292 g/mol. The van der Waals surface area contributed by atoms with Crippen LogP contribution >= 0.6 is 12.2 Å². The van der Waals surface area contributed by atoms with Crippen LogP contribution in [0.4, 0.5) is 0 Å². The first-order chi connectivity index (χ1) is 8.44. The van der Waals surface area contributed by atoms with Gasteiger partial charge in [-0.15, -0.1) is 0 Å². The van der Waals surface area contributed by atoms with Crippen molar-refractivity contribution in [3.8, 4) is 0 Å². The maximum absolute atomic E-state index is 11.7. The molecule has 0 radical (unpaired) electrons. The Labute approximate surface area is 116 Å². The van der Waals surface area contributed by atoms with Crippen LogP contribution in [0, 0.1) is 0 Å². The van der Waals surface area contributed by atoms with Crippen LogP contribution in [0.1, 0.15) is 39.0 Å². The van der Waals surface area contributed by atoms with E-state index in [-0.39, 0.29) is 11.5 Å². The summed E-state index contributed by atoms with van der Waals surface area (Å²) in [5.74, 6) is 0.499. The van der Waals surface area contributed by atoms with Crippen molar-refractivity contribution in [1.82, 2.24) is 4.90 Å². The van der Waals surface area contributed by atoms with E-state index >= 15 is 0 Å². The lowest BCUT2D eigenvalue weighted by Gasteiger charge is -2.28. The van der Waals surface area contributed by atoms with E-state index in [2.05, 4.69) is 4.90 Å². The van der Waals surface area contributed by atoms with Gasteiger partial charge in [0.05, 0.1) is 10.7 Å². The van der Waals surface area contributed by atoms with Crippen molar-refractivity contribution in [3.63, 3.8) is 0 Å². The second-order valence-corrected chi connectivity index (χ2v) is 7.85. The highest BCUT2D eigenvalue weighted by Gasteiger charge is 2.24. The fourth-order valence-electron chi connectivity index (χ4n) is 2.53.